The Morgan fingerprint density at radius 2 is 1.38 bits per heavy atom. The molecule has 0 rings (SSSR count). The van der Waals surface area contributed by atoms with E-state index >= 15 is 0 Å². The Balaban J connectivity index is 0. The van der Waals surface area contributed by atoms with Crippen LogP contribution in [0.3, 0.4) is 0 Å². The monoisotopic (exact) mass is 216 g/mol. The van der Waals surface area contributed by atoms with Crippen LogP contribution in [0.15, 0.2) is 0 Å². The predicted molar refractivity (Wildman–Crippen MR) is 42.5 cm³/mol. The summed E-state index contributed by atoms with van der Waals surface area (Å²) < 4.78 is 27.1. The van der Waals surface area contributed by atoms with Gasteiger partial charge in [0.15, 0.2) is 5.44 Å². The van der Waals surface area contributed by atoms with Gasteiger partial charge in [-0.05, 0) is 13.8 Å². The molecule has 0 bridgehead atoms. The fourth-order valence-corrected chi connectivity index (χ4v) is 0. The van der Waals surface area contributed by atoms with E-state index in [9.17, 15) is 13.2 Å². The highest BCUT2D eigenvalue weighted by Crippen LogP contribution is 1.88. The van der Waals surface area contributed by atoms with E-state index in [0.717, 1.165) is 6.92 Å². The summed E-state index contributed by atoms with van der Waals surface area (Å²) in [7, 11) is -4.19. The molecule has 0 saturated heterocycles. The molecule has 0 saturated carbocycles. The molecule has 0 aromatic heterocycles. The normalized spacial score (nSPS) is 15.2. The zero-order chi connectivity index (χ0) is 11.2. The van der Waals surface area contributed by atoms with Gasteiger partial charge in [-0.1, -0.05) is 0 Å². The molecular formula is C5H12O7S. The topological polar surface area (TPSA) is 132 Å². The van der Waals surface area contributed by atoms with Gasteiger partial charge in [0.25, 0.3) is 10.1 Å². The van der Waals surface area contributed by atoms with Gasteiger partial charge >= 0.3 is 5.97 Å². The van der Waals surface area contributed by atoms with Crippen LogP contribution in [0.4, 0.5) is 0 Å². The fourth-order valence-electron chi connectivity index (χ4n) is 0. The first-order valence-corrected chi connectivity index (χ1v) is 4.64. The van der Waals surface area contributed by atoms with Gasteiger partial charge in [-0.25, -0.2) is 4.79 Å². The molecule has 8 heteroatoms. The molecule has 0 aromatic rings. The first-order valence-electron chi connectivity index (χ1n) is 3.14. The Hall–Kier alpha value is -0.700. The number of aliphatic hydroxyl groups excluding tert-OH is 2. The minimum Gasteiger partial charge on any atom is -0.479 e. The maximum Gasteiger partial charge on any atom is 0.332 e. The molecule has 0 amide bonds. The van der Waals surface area contributed by atoms with Crippen molar-refractivity contribution in [2.45, 2.75) is 25.4 Å². The molecule has 2 atom stereocenters. The lowest BCUT2D eigenvalue weighted by Crippen LogP contribution is -2.14. The molecule has 4 N–H and O–H groups in total. The zero-order valence-electron chi connectivity index (χ0n) is 7.08. The number of aliphatic carboxylic acids is 1. The summed E-state index contributed by atoms with van der Waals surface area (Å²) in [6.07, 6.45) is -1.23. The van der Waals surface area contributed by atoms with Crippen LogP contribution < -0.4 is 0 Å². The number of rotatable bonds is 2. The smallest absolute Gasteiger partial charge is 0.332 e. The molecule has 0 heterocycles. The number of carbonyl (C=O) groups is 1. The van der Waals surface area contributed by atoms with E-state index in [4.69, 9.17) is 19.9 Å². The Kier molecular flexibility index (Phi) is 6.68. The Morgan fingerprint density at radius 3 is 1.38 bits per heavy atom. The second-order valence-corrected chi connectivity index (χ2v) is 3.84. The molecule has 0 aliphatic heterocycles. The highest BCUT2D eigenvalue weighted by Gasteiger charge is 2.10. The minimum atomic E-state index is -4.19. The van der Waals surface area contributed by atoms with Crippen LogP contribution in [-0.2, 0) is 14.9 Å². The zero-order valence-corrected chi connectivity index (χ0v) is 7.89. The highest BCUT2D eigenvalue weighted by atomic mass is 32.2. The third-order valence-corrected chi connectivity index (χ3v) is 1.65. The lowest BCUT2D eigenvalue weighted by atomic mass is 10.4. The summed E-state index contributed by atoms with van der Waals surface area (Å²) in [5, 5.41) is 23.8. The minimum absolute atomic E-state index is 0.968. The number of carboxylic acid groups (broad SMARTS) is 1. The number of hydrogen-bond acceptors (Lipinski definition) is 5. The van der Waals surface area contributed by atoms with Crippen LogP contribution in [0.25, 0.3) is 0 Å². The van der Waals surface area contributed by atoms with Gasteiger partial charge in [0, 0.05) is 0 Å². The predicted octanol–water partition coefficient (Wildman–Crippen LogP) is -1.34. The van der Waals surface area contributed by atoms with Crippen molar-refractivity contribution < 1.29 is 33.1 Å². The van der Waals surface area contributed by atoms with Crippen molar-refractivity contribution in [3.63, 3.8) is 0 Å². The number of aliphatic hydroxyl groups is 2. The summed E-state index contributed by atoms with van der Waals surface area (Å²) >= 11 is 0. The van der Waals surface area contributed by atoms with Crippen molar-refractivity contribution in [2.75, 3.05) is 0 Å². The summed E-state index contributed by atoms with van der Waals surface area (Å²) in [6, 6.07) is 0. The van der Waals surface area contributed by atoms with Crippen LogP contribution in [-0.4, -0.2) is 45.8 Å². The first-order chi connectivity index (χ1) is 5.59. The molecule has 0 aromatic carbocycles. The second kappa shape index (κ2) is 5.86. The van der Waals surface area contributed by atoms with Crippen LogP contribution in [0.1, 0.15) is 13.8 Å². The van der Waals surface area contributed by atoms with Crippen LogP contribution >= 0.6 is 0 Å². The van der Waals surface area contributed by atoms with Crippen LogP contribution in [0.5, 0.6) is 0 Å². The highest BCUT2D eigenvalue weighted by molar-refractivity contribution is 7.86. The van der Waals surface area contributed by atoms with Gasteiger partial charge in [-0.15, -0.1) is 0 Å². The van der Waals surface area contributed by atoms with E-state index in [1.807, 2.05) is 0 Å². The van der Waals surface area contributed by atoms with E-state index in [2.05, 4.69) is 0 Å². The lowest BCUT2D eigenvalue weighted by Gasteiger charge is -1.94. The molecule has 0 fully saturated rings. The van der Waals surface area contributed by atoms with Crippen LogP contribution in [0, 0.1) is 0 Å². The van der Waals surface area contributed by atoms with Gasteiger partial charge in [0.1, 0.15) is 6.10 Å². The largest absolute Gasteiger partial charge is 0.479 e. The summed E-state index contributed by atoms with van der Waals surface area (Å²) in [4.78, 5) is 9.45. The third-order valence-electron chi connectivity index (χ3n) is 0.788. The first kappa shape index (κ1) is 14.8. The summed E-state index contributed by atoms with van der Waals surface area (Å²) in [5.74, 6) is -1.19. The fraction of sp³-hybridized carbons (Fsp3) is 0.800. The molecule has 80 valence electrons. The maximum atomic E-state index is 9.64. The molecule has 0 radical (unpaired) electrons. The van der Waals surface area contributed by atoms with Gasteiger partial charge in [0.2, 0.25) is 0 Å². The Morgan fingerprint density at radius 1 is 1.23 bits per heavy atom. The van der Waals surface area contributed by atoms with Crippen molar-refractivity contribution in [1.82, 2.24) is 0 Å². The average Bonchev–Trinajstić information content (AvgIpc) is 1.86. The van der Waals surface area contributed by atoms with Crippen molar-refractivity contribution in [1.29, 1.82) is 0 Å². The molecule has 0 spiro atoms. The standard InChI is InChI=1S/C3H6O3.C2H6O4S/c1-2(4)3(5)6;1-2(3)7(4,5)6/h2,4H,1H3,(H,5,6);2-3H,1H3,(H,4,5,6). The summed E-state index contributed by atoms with van der Waals surface area (Å²) in [5.41, 5.74) is -1.67. The molecular weight excluding hydrogens is 204 g/mol. The maximum absolute atomic E-state index is 9.64. The third kappa shape index (κ3) is 11.3. The van der Waals surface area contributed by atoms with E-state index in [0.29, 0.717) is 0 Å². The molecule has 2 unspecified atom stereocenters. The van der Waals surface area contributed by atoms with Crippen molar-refractivity contribution in [3.05, 3.63) is 0 Å². The Bertz CT molecular complexity index is 240. The molecule has 13 heavy (non-hydrogen) atoms. The van der Waals surface area contributed by atoms with E-state index < -0.39 is 27.6 Å². The van der Waals surface area contributed by atoms with E-state index in [-0.39, 0.29) is 0 Å². The Labute approximate surface area is 75.4 Å². The van der Waals surface area contributed by atoms with Crippen molar-refractivity contribution >= 4 is 16.1 Å². The van der Waals surface area contributed by atoms with Gasteiger partial charge < -0.3 is 15.3 Å². The average molecular weight is 216 g/mol. The summed E-state index contributed by atoms with van der Waals surface area (Å²) in [6.45, 7) is 2.16. The number of hydrogen-bond donors (Lipinski definition) is 4. The van der Waals surface area contributed by atoms with E-state index in [1.165, 1.54) is 6.92 Å². The molecule has 7 nitrogen and oxygen atoms in total. The van der Waals surface area contributed by atoms with E-state index in [1.54, 1.807) is 0 Å². The SMILES string of the molecule is CC(O)C(=O)O.CC(O)S(=O)(=O)O. The second-order valence-electron chi connectivity index (χ2n) is 2.13. The lowest BCUT2D eigenvalue weighted by molar-refractivity contribution is -0.145. The van der Waals surface area contributed by atoms with Crippen molar-refractivity contribution in [2.24, 2.45) is 0 Å². The quantitative estimate of drug-likeness (QED) is 0.420. The van der Waals surface area contributed by atoms with Crippen molar-refractivity contribution in [3.8, 4) is 0 Å². The molecule has 0 aliphatic carbocycles. The van der Waals surface area contributed by atoms with Gasteiger partial charge in [-0.2, -0.15) is 8.42 Å². The number of carboxylic acids is 1. The molecule has 0 aliphatic rings. The van der Waals surface area contributed by atoms with Gasteiger partial charge in [0.05, 0.1) is 0 Å². The van der Waals surface area contributed by atoms with Gasteiger partial charge in [-0.3, -0.25) is 4.55 Å². The van der Waals surface area contributed by atoms with Crippen LogP contribution in [0.2, 0.25) is 0 Å².